The molecular weight excluding hydrogens is 312 g/mol. The van der Waals surface area contributed by atoms with Gasteiger partial charge in [-0.05, 0) is 60.9 Å². The predicted octanol–water partition coefficient (Wildman–Crippen LogP) is 7.56. The number of allylic oxidation sites excluding steroid dienone is 2. The topological polar surface area (TPSA) is 0 Å². The Balaban J connectivity index is 1.73. The molecule has 0 saturated heterocycles. The third-order valence-corrected chi connectivity index (χ3v) is 5.76. The van der Waals surface area contributed by atoms with Crippen LogP contribution in [0.1, 0.15) is 61.1 Å². The second kappa shape index (κ2) is 7.91. The van der Waals surface area contributed by atoms with Crippen molar-refractivity contribution in [3.05, 3.63) is 95.1 Å². The Morgan fingerprint density at radius 3 is 2.38 bits per heavy atom. The third-order valence-electron chi connectivity index (χ3n) is 5.76. The molecular formula is C26H28. The lowest BCUT2D eigenvalue weighted by Gasteiger charge is -2.21. The number of hydrogen-bond acceptors (Lipinski definition) is 0. The normalized spacial score (nSPS) is 16.1. The molecule has 0 heteroatoms. The molecule has 0 nitrogen and oxygen atoms in total. The van der Waals surface area contributed by atoms with Crippen LogP contribution in [0.25, 0.3) is 10.8 Å². The highest BCUT2D eigenvalue weighted by molar-refractivity contribution is 5.83. The van der Waals surface area contributed by atoms with Crippen LogP contribution in [0.2, 0.25) is 0 Å². The van der Waals surface area contributed by atoms with E-state index in [1.54, 1.807) is 5.57 Å². The maximum Gasteiger partial charge on any atom is 0.0127 e. The van der Waals surface area contributed by atoms with Gasteiger partial charge < -0.3 is 0 Å². The number of fused-ring (bicyclic) bond motifs is 1. The van der Waals surface area contributed by atoms with Crippen LogP contribution in [-0.4, -0.2) is 0 Å². The Hall–Kier alpha value is -2.34. The molecule has 0 heterocycles. The largest absolute Gasteiger partial charge is 0.0853 e. The van der Waals surface area contributed by atoms with E-state index in [4.69, 9.17) is 0 Å². The average molecular weight is 341 g/mol. The minimum absolute atomic E-state index is 0.449. The summed E-state index contributed by atoms with van der Waals surface area (Å²) in [5, 5.41) is 2.67. The molecule has 26 heavy (non-hydrogen) atoms. The molecule has 0 N–H and O–H groups in total. The van der Waals surface area contributed by atoms with E-state index in [-0.39, 0.29) is 0 Å². The second-order valence-electron chi connectivity index (χ2n) is 7.74. The van der Waals surface area contributed by atoms with Crippen LogP contribution in [0, 0.1) is 6.92 Å². The van der Waals surface area contributed by atoms with Crippen LogP contribution in [0.5, 0.6) is 0 Å². The molecule has 0 bridgehead atoms. The zero-order valence-corrected chi connectivity index (χ0v) is 15.7. The molecule has 0 spiro atoms. The molecule has 1 unspecified atom stereocenters. The maximum absolute atomic E-state index is 2.52. The van der Waals surface area contributed by atoms with Gasteiger partial charge in [0, 0.05) is 5.92 Å². The van der Waals surface area contributed by atoms with Crippen molar-refractivity contribution in [1.29, 1.82) is 0 Å². The lowest BCUT2D eigenvalue weighted by molar-refractivity contribution is 0.689. The van der Waals surface area contributed by atoms with E-state index in [0.717, 1.165) is 6.42 Å². The van der Waals surface area contributed by atoms with Crippen molar-refractivity contribution in [2.24, 2.45) is 0 Å². The Labute approximate surface area is 157 Å². The lowest BCUT2D eigenvalue weighted by Crippen LogP contribution is -2.03. The SMILES string of the molecule is Cc1ccc(C(CC2=CCCCCC2)c2ccc3ccccc3c2)cc1. The van der Waals surface area contributed by atoms with E-state index in [0.29, 0.717) is 5.92 Å². The van der Waals surface area contributed by atoms with Crippen molar-refractivity contribution < 1.29 is 0 Å². The van der Waals surface area contributed by atoms with Gasteiger partial charge in [-0.15, -0.1) is 0 Å². The predicted molar refractivity (Wildman–Crippen MR) is 113 cm³/mol. The van der Waals surface area contributed by atoms with Crippen LogP contribution >= 0.6 is 0 Å². The molecule has 4 rings (SSSR count). The summed E-state index contributed by atoms with van der Waals surface area (Å²) in [6.07, 6.45) is 10.3. The quantitative estimate of drug-likeness (QED) is 0.430. The molecule has 1 aliphatic carbocycles. The number of aryl methyl sites for hydroxylation is 1. The smallest absolute Gasteiger partial charge is 0.0127 e. The van der Waals surface area contributed by atoms with E-state index >= 15 is 0 Å². The summed E-state index contributed by atoms with van der Waals surface area (Å²) in [6, 6.07) is 24.9. The standard InChI is InChI=1S/C26H28/c1-20-12-14-23(15-13-20)26(18-21-8-4-2-3-5-9-21)25-17-16-22-10-6-7-11-24(22)19-25/h6-8,10-17,19,26H,2-5,9,18H2,1H3. The van der Waals surface area contributed by atoms with Crippen LogP contribution < -0.4 is 0 Å². The second-order valence-corrected chi connectivity index (χ2v) is 7.74. The van der Waals surface area contributed by atoms with Crippen LogP contribution in [-0.2, 0) is 0 Å². The first-order chi connectivity index (χ1) is 12.8. The van der Waals surface area contributed by atoms with Gasteiger partial charge in [-0.25, -0.2) is 0 Å². The number of benzene rings is 3. The van der Waals surface area contributed by atoms with E-state index in [1.165, 1.54) is 59.6 Å². The first-order valence-corrected chi connectivity index (χ1v) is 10.0. The van der Waals surface area contributed by atoms with Gasteiger partial charge in [0.25, 0.3) is 0 Å². The summed E-state index contributed by atoms with van der Waals surface area (Å²) in [6.45, 7) is 2.17. The van der Waals surface area contributed by atoms with Crippen molar-refractivity contribution in [2.45, 2.75) is 51.4 Å². The molecule has 0 radical (unpaired) electrons. The minimum Gasteiger partial charge on any atom is -0.0853 e. The molecule has 0 saturated carbocycles. The van der Waals surface area contributed by atoms with E-state index in [2.05, 4.69) is 79.7 Å². The molecule has 3 aromatic carbocycles. The Morgan fingerprint density at radius 2 is 1.54 bits per heavy atom. The third kappa shape index (κ3) is 3.90. The van der Waals surface area contributed by atoms with Crippen molar-refractivity contribution in [2.75, 3.05) is 0 Å². The lowest BCUT2D eigenvalue weighted by atomic mass is 9.84. The summed E-state index contributed by atoms with van der Waals surface area (Å²) < 4.78 is 0. The zero-order valence-electron chi connectivity index (χ0n) is 15.7. The average Bonchev–Trinajstić information content (AvgIpc) is 2.95. The molecule has 1 aliphatic rings. The van der Waals surface area contributed by atoms with Crippen LogP contribution in [0.4, 0.5) is 0 Å². The van der Waals surface area contributed by atoms with Gasteiger partial charge in [0.15, 0.2) is 0 Å². The number of rotatable bonds is 4. The number of hydrogen-bond donors (Lipinski definition) is 0. The molecule has 0 aromatic heterocycles. The first kappa shape index (κ1) is 17.1. The zero-order chi connectivity index (χ0) is 17.8. The summed E-state index contributed by atoms with van der Waals surface area (Å²) >= 11 is 0. The van der Waals surface area contributed by atoms with Crippen LogP contribution in [0.15, 0.2) is 78.4 Å². The molecule has 1 atom stereocenters. The van der Waals surface area contributed by atoms with E-state index in [9.17, 15) is 0 Å². The van der Waals surface area contributed by atoms with Crippen molar-refractivity contribution in [1.82, 2.24) is 0 Å². The van der Waals surface area contributed by atoms with Crippen molar-refractivity contribution in [3.8, 4) is 0 Å². The summed E-state index contributed by atoms with van der Waals surface area (Å²) in [4.78, 5) is 0. The van der Waals surface area contributed by atoms with E-state index in [1.807, 2.05) is 0 Å². The van der Waals surface area contributed by atoms with Gasteiger partial charge in [-0.3, -0.25) is 0 Å². The van der Waals surface area contributed by atoms with Gasteiger partial charge in [0.2, 0.25) is 0 Å². The first-order valence-electron chi connectivity index (χ1n) is 10.0. The van der Waals surface area contributed by atoms with E-state index < -0.39 is 0 Å². The highest BCUT2D eigenvalue weighted by Gasteiger charge is 2.17. The molecule has 0 amide bonds. The van der Waals surface area contributed by atoms with Gasteiger partial charge in [0.05, 0.1) is 0 Å². The van der Waals surface area contributed by atoms with Gasteiger partial charge in [0.1, 0.15) is 0 Å². The summed E-state index contributed by atoms with van der Waals surface area (Å²) in [7, 11) is 0. The Morgan fingerprint density at radius 1 is 0.769 bits per heavy atom. The Bertz CT molecular complexity index is 899. The van der Waals surface area contributed by atoms with Gasteiger partial charge in [-0.2, -0.15) is 0 Å². The molecule has 132 valence electrons. The summed E-state index contributed by atoms with van der Waals surface area (Å²) in [5.74, 6) is 0.449. The molecule has 0 fully saturated rings. The Kier molecular flexibility index (Phi) is 5.20. The maximum atomic E-state index is 2.52. The highest BCUT2D eigenvalue weighted by atomic mass is 14.2. The van der Waals surface area contributed by atoms with Crippen LogP contribution in [0.3, 0.4) is 0 Å². The van der Waals surface area contributed by atoms with Crippen molar-refractivity contribution in [3.63, 3.8) is 0 Å². The fraction of sp³-hybridized carbons (Fsp3) is 0.308. The minimum atomic E-state index is 0.449. The monoisotopic (exact) mass is 340 g/mol. The highest BCUT2D eigenvalue weighted by Crippen LogP contribution is 2.35. The molecule has 3 aromatic rings. The molecule has 0 aliphatic heterocycles. The van der Waals surface area contributed by atoms with Gasteiger partial charge in [-0.1, -0.05) is 90.4 Å². The fourth-order valence-electron chi connectivity index (χ4n) is 4.18. The van der Waals surface area contributed by atoms with Gasteiger partial charge >= 0.3 is 0 Å². The van der Waals surface area contributed by atoms with Crippen molar-refractivity contribution >= 4 is 10.8 Å². The summed E-state index contributed by atoms with van der Waals surface area (Å²) in [5.41, 5.74) is 5.87. The fourth-order valence-corrected chi connectivity index (χ4v) is 4.18.